The van der Waals surface area contributed by atoms with E-state index in [0.29, 0.717) is 23.8 Å². The normalized spacial score (nSPS) is 13.6. The Bertz CT molecular complexity index is 747. The Morgan fingerprint density at radius 2 is 2.14 bits per heavy atom. The van der Waals surface area contributed by atoms with Crippen molar-refractivity contribution in [2.24, 2.45) is 0 Å². The highest BCUT2D eigenvalue weighted by Gasteiger charge is 2.33. The van der Waals surface area contributed by atoms with E-state index in [1.54, 1.807) is 31.4 Å². The monoisotopic (exact) mass is 288 g/mol. The number of aromatic nitrogens is 3. The van der Waals surface area contributed by atoms with Gasteiger partial charge in [-0.2, -0.15) is 9.67 Å². The van der Waals surface area contributed by atoms with Crippen molar-refractivity contribution < 1.29 is 9.53 Å². The minimum Gasteiger partial charge on any atom is -0.497 e. The summed E-state index contributed by atoms with van der Waals surface area (Å²) in [6.45, 7) is 2.77. The summed E-state index contributed by atoms with van der Waals surface area (Å²) in [7, 11) is 1.57. The van der Waals surface area contributed by atoms with Crippen LogP contribution in [0.25, 0.3) is 0 Å². The summed E-state index contributed by atoms with van der Waals surface area (Å²) in [6.07, 6.45) is 0.796. The molecule has 1 aromatic carbocycles. The zero-order chi connectivity index (χ0) is 15.0. The van der Waals surface area contributed by atoms with Gasteiger partial charge < -0.3 is 4.74 Å². The van der Waals surface area contributed by atoms with Gasteiger partial charge in [0.2, 0.25) is 0 Å². The second-order valence-corrected chi connectivity index (χ2v) is 4.83. The Kier molecular flexibility index (Phi) is 3.25. The molecular formula is C14H16N4O3. The van der Waals surface area contributed by atoms with Gasteiger partial charge in [-0.25, -0.2) is 14.3 Å². The van der Waals surface area contributed by atoms with Gasteiger partial charge in [0.1, 0.15) is 5.75 Å². The molecule has 0 radical (unpaired) electrons. The molecule has 1 amide bonds. The molecule has 2 aromatic rings. The number of ether oxygens (including phenoxy) is 1. The van der Waals surface area contributed by atoms with E-state index in [0.717, 1.165) is 11.0 Å². The number of rotatable bonds is 4. The van der Waals surface area contributed by atoms with Crippen LogP contribution in [-0.2, 0) is 13.1 Å². The van der Waals surface area contributed by atoms with Crippen LogP contribution in [0, 0.1) is 0 Å². The Hall–Kier alpha value is -2.57. The topological polar surface area (TPSA) is 69.4 Å². The molecule has 1 aromatic heterocycles. The molecule has 0 saturated heterocycles. The summed E-state index contributed by atoms with van der Waals surface area (Å²) < 4.78 is 7.63. The van der Waals surface area contributed by atoms with E-state index in [1.165, 1.54) is 9.58 Å². The quantitative estimate of drug-likeness (QED) is 0.854. The van der Waals surface area contributed by atoms with Crippen molar-refractivity contribution in [2.45, 2.75) is 26.4 Å². The number of nitrogens with zero attached hydrogens (tertiary/aromatic N) is 4. The van der Waals surface area contributed by atoms with Crippen molar-refractivity contribution in [1.29, 1.82) is 0 Å². The molecule has 1 aliphatic heterocycles. The molecule has 3 rings (SSSR count). The standard InChI is InChI=1S/C14H16N4O3/c1-3-7-17-14(20)18-12(15-17)9-16(13(18)19)10-5-4-6-11(8-10)21-2/h4-6,8H,3,7,9H2,1-2H3. The van der Waals surface area contributed by atoms with Gasteiger partial charge >= 0.3 is 11.7 Å². The number of aryl methyl sites for hydroxylation is 1. The average Bonchev–Trinajstić information content (AvgIpc) is 2.98. The lowest BCUT2D eigenvalue weighted by molar-refractivity contribution is 0.250. The largest absolute Gasteiger partial charge is 0.497 e. The fourth-order valence-electron chi connectivity index (χ4n) is 2.41. The predicted molar refractivity (Wildman–Crippen MR) is 76.7 cm³/mol. The van der Waals surface area contributed by atoms with E-state index in [9.17, 15) is 9.59 Å². The maximum atomic E-state index is 12.4. The Balaban J connectivity index is 1.95. The third kappa shape index (κ3) is 2.10. The zero-order valence-electron chi connectivity index (χ0n) is 11.9. The second kappa shape index (κ2) is 5.08. The van der Waals surface area contributed by atoms with Crippen LogP contribution < -0.4 is 15.3 Å². The first-order chi connectivity index (χ1) is 10.2. The van der Waals surface area contributed by atoms with E-state index >= 15 is 0 Å². The first-order valence-electron chi connectivity index (χ1n) is 6.80. The van der Waals surface area contributed by atoms with Crippen LogP contribution in [0.2, 0.25) is 0 Å². The molecule has 0 unspecified atom stereocenters. The summed E-state index contributed by atoms with van der Waals surface area (Å²) >= 11 is 0. The number of methoxy groups -OCH3 is 1. The molecule has 2 heterocycles. The van der Waals surface area contributed by atoms with Crippen LogP contribution in [-0.4, -0.2) is 27.5 Å². The van der Waals surface area contributed by atoms with Gasteiger partial charge in [-0.1, -0.05) is 13.0 Å². The van der Waals surface area contributed by atoms with E-state index in [-0.39, 0.29) is 18.3 Å². The van der Waals surface area contributed by atoms with E-state index in [1.807, 2.05) is 6.92 Å². The van der Waals surface area contributed by atoms with Crippen molar-refractivity contribution in [1.82, 2.24) is 14.3 Å². The number of hydrogen-bond donors (Lipinski definition) is 0. The van der Waals surface area contributed by atoms with Gasteiger partial charge in [0.05, 0.1) is 13.7 Å². The molecule has 0 aliphatic carbocycles. The lowest BCUT2D eigenvalue weighted by Gasteiger charge is -2.15. The van der Waals surface area contributed by atoms with Gasteiger partial charge in [-0.05, 0) is 18.6 Å². The fraction of sp³-hybridized carbons (Fsp3) is 0.357. The number of benzene rings is 1. The number of carbonyl (C=O) groups excluding carboxylic acids is 1. The number of anilines is 1. The smallest absolute Gasteiger partial charge is 0.354 e. The van der Waals surface area contributed by atoms with Crippen LogP contribution in [0.5, 0.6) is 5.75 Å². The van der Waals surface area contributed by atoms with Crippen molar-refractivity contribution in [3.8, 4) is 5.75 Å². The number of carbonyl (C=O) groups is 1. The summed E-state index contributed by atoms with van der Waals surface area (Å²) in [5.41, 5.74) is 0.313. The zero-order valence-corrected chi connectivity index (χ0v) is 11.9. The molecule has 1 aliphatic rings. The van der Waals surface area contributed by atoms with Crippen molar-refractivity contribution in [3.63, 3.8) is 0 Å². The third-order valence-corrected chi connectivity index (χ3v) is 3.43. The molecule has 0 N–H and O–H groups in total. The highest BCUT2D eigenvalue weighted by molar-refractivity contribution is 5.96. The summed E-state index contributed by atoms with van der Waals surface area (Å²) in [6, 6.07) is 6.80. The maximum absolute atomic E-state index is 12.4. The maximum Gasteiger partial charge on any atom is 0.354 e. The van der Waals surface area contributed by atoms with Gasteiger partial charge in [-0.3, -0.25) is 4.90 Å². The molecule has 110 valence electrons. The first-order valence-corrected chi connectivity index (χ1v) is 6.80. The average molecular weight is 288 g/mol. The molecule has 0 spiro atoms. The van der Waals surface area contributed by atoms with Gasteiger partial charge in [-0.15, -0.1) is 0 Å². The third-order valence-electron chi connectivity index (χ3n) is 3.43. The lowest BCUT2D eigenvalue weighted by Crippen LogP contribution is -2.34. The van der Waals surface area contributed by atoms with Crippen LogP contribution in [0.15, 0.2) is 29.1 Å². The molecule has 0 fully saturated rings. The number of fused-ring (bicyclic) bond motifs is 1. The number of amides is 1. The molecule has 21 heavy (non-hydrogen) atoms. The van der Waals surface area contributed by atoms with Crippen molar-refractivity contribution in [3.05, 3.63) is 40.6 Å². The lowest BCUT2D eigenvalue weighted by atomic mass is 10.3. The minimum atomic E-state index is -0.373. The van der Waals surface area contributed by atoms with E-state index in [4.69, 9.17) is 4.74 Å². The highest BCUT2D eigenvalue weighted by Crippen LogP contribution is 2.25. The fourth-order valence-corrected chi connectivity index (χ4v) is 2.41. The van der Waals surface area contributed by atoms with Crippen LogP contribution in [0.4, 0.5) is 10.5 Å². The van der Waals surface area contributed by atoms with Crippen LogP contribution in [0.1, 0.15) is 19.2 Å². The van der Waals surface area contributed by atoms with Gasteiger partial charge in [0.25, 0.3) is 0 Å². The molecule has 7 heteroatoms. The Morgan fingerprint density at radius 3 is 2.81 bits per heavy atom. The first kappa shape index (κ1) is 13.4. The Labute approximate surface area is 121 Å². The van der Waals surface area contributed by atoms with Gasteiger partial charge in [0, 0.05) is 18.3 Å². The summed E-state index contributed by atoms with van der Waals surface area (Å²) in [5.74, 6) is 1.13. The highest BCUT2D eigenvalue weighted by atomic mass is 16.5. The number of hydrogen-bond acceptors (Lipinski definition) is 4. The van der Waals surface area contributed by atoms with Crippen LogP contribution >= 0.6 is 0 Å². The molecule has 0 atom stereocenters. The molecular weight excluding hydrogens is 272 g/mol. The molecule has 0 saturated carbocycles. The van der Waals surface area contributed by atoms with E-state index < -0.39 is 0 Å². The molecule has 7 nitrogen and oxygen atoms in total. The van der Waals surface area contributed by atoms with Gasteiger partial charge in [0.15, 0.2) is 5.82 Å². The van der Waals surface area contributed by atoms with E-state index in [2.05, 4.69) is 5.10 Å². The van der Waals surface area contributed by atoms with Crippen molar-refractivity contribution >= 4 is 11.7 Å². The Morgan fingerprint density at radius 1 is 1.33 bits per heavy atom. The summed E-state index contributed by atoms with van der Waals surface area (Å²) in [4.78, 5) is 26.1. The van der Waals surface area contributed by atoms with Crippen molar-refractivity contribution in [2.75, 3.05) is 12.0 Å². The van der Waals surface area contributed by atoms with Crippen LogP contribution in [0.3, 0.4) is 0 Å². The SMILES string of the molecule is CCCn1nc2n(c1=O)C(=O)N(c1cccc(OC)c1)C2. The predicted octanol–water partition coefficient (Wildman–Crippen LogP) is 1.45. The summed E-state index contributed by atoms with van der Waals surface area (Å²) in [5, 5.41) is 4.22. The molecule has 0 bridgehead atoms. The second-order valence-electron chi connectivity index (χ2n) is 4.83. The minimum absolute atomic E-state index is 0.290.